The summed E-state index contributed by atoms with van der Waals surface area (Å²) in [6.45, 7) is 12.7. The predicted molar refractivity (Wildman–Crippen MR) is 73.7 cm³/mol. The van der Waals surface area contributed by atoms with Gasteiger partial charge in [-0.3, -0.25) is 0 Å². The minimum Gasteiger partial charge on any atom is -0.449 e. The monoisotopic (exact) mass is 256 g/mol. The molecule has 18 heavy (non-hydrogen) atoms. The van der Waals surface area contributed by atoms with Crippen LogP contribution in [0.25, 0.3) is 0 Å². The van der Waals surface area contributed by atoms with Crippen molar-refractivity contribution in [2.75, 3.05) is 19.7 Å². The Labute approximate surface area is 111 Å². The molecule has 0 radical (unpaired) electrons. The van der Waals surface area contributed by atoms with Crippen LogP contribution >= 0.6 is 0 Å². The van der Waals surface area contributed by atoms with E-state index in [0.29, 0.717) is 19.1 Å². The molecule has 1 aliphatic rings. The third kappa shape index (κ3) is 4.16. The van der Waals surface area contributed by atoms with E-state index in [-0.39, 0.29) is 17.7 Å². The summed E-state index contributed by atoms with van der Waals surface area (Å²) in [6.07, 6.45) is 1.83. The molecule has 0 spiro atoms. The van der Waals surface area contributed by atoms with Crippen molar-refractivity contribution in [2.24, 2.45) is 5.92 Å². The summed E-state index contributed by atoms with van der Waals surface area (Å²) in [5, 5.41) is 3.49. The molecule has 1 rings (SSSR count). The zero-order valence-corrected chi connectivity index (χ0v) is 12.5. The zero-order valence-electron chi connectivity index (χ0n) is 12.5. The van der Waals surface area contributed by atoms with Gasteiger partial charge in [0.2, 0.25) is 0 Å². The van der Waals surface area contributed by atoms with Gasteiger partial charge in [-0.2, -0.15) is 0 Å². The van der Waals surface area contributed by atoms with Crippen LogP contribution in [0.3, 0.4) is 0 Å². The predicted octanol–water partition coefficient (Wildman–Crippen LogP) is 2.63. The van der Waals surface area contributed by atoms with Crippen LogP contribution in [0.1, 0.15) is 47.5 Å². The van der Waals surface area contributed by atoms with Crippen molar-refractivity contribution in [3.8, 4) is 0 Å². The van der Waals surface area contributed by atoms with E-state index in [0.717, 1.165) is 19.4 Å². The molecule has 0 aromatic rings. The number of piperazine rings is 1. The van der Waals surface area contributed by atoms with Crippen LogP contribution in [-0.2, 0) is 4.74 Å². The van der Waals surface area contributed by atoms with Gasteiger partial charge in [-0.15, -0.1) is 0 Å². The Kier molecular flexibility index (Phi) is 5.45. The average molecular weight is 256 g/mol. The Bertz CT molecular complexity index is 277. The number of hydrogen-bond donors (Lipinski definition) is 1. The lowest BCUT2D eigenvalue weighted by Gasteiger charge is -2.45. The van der Waals surface area contributed by atoms with E-state index in [1.54, 1.807) is 0 Å². The van der Waals surface area contributed by atoms with Gasteiger partial charge in [-0.05, 0) is 26.2 Å². The highest BCUT2D eigenvalue weighted by atomic mass is 16.6. The van der Waals surface area contributed by atoms with Crippen LogP contribution in [0.5, 0.6) is 0 Å². The molecule has 0 saturated carbocycles. The molecule has 1 aliphatic heterocycles. The van der Waals surface area contributed by atoms with Crippen molar-refractivity contribution < 1.29 is 9.53 Å². The molecular weight excluding hydrogens is 228 g/mol. The fourth-order valence-corrected chi connectivity index (χ4v) is 2.27. The summed E-state index contributed by atoms with van der Waals surface area (Å²) in [7, 11) is 0. The molecule has 1 fully saturated rings. The normalized spacial score (nSPS) is 23.2. The molecule has 0 bridgehead atoms. The van der Waals surface area contributed by atoms with Crippen LogP contribution in [0.15, 0.2) is 0 Å². The standard InChI is InChI=1S/C14H28N2O2/c1-6-7-8-18-13(17)16-10-14(4,5)15-9-12(16)11(2)3/h11-12,15H,6-10H2,1-5H3. The number of amides is 1. The highest BCUT2D eigenvalue weighted by molar-refractivity contribution is 5.68. The first-order valence-electron chi connectivity index (χ1n) is 7.06. The average Bonchev–Trinajstić information content (AvgIpc) is 2.27. The largest absolute Gasteiger partial charge is 0.449 e. The number of rotatable bonds is 4. The summed E-state index contributed by atoms with van der Waals surface area (Å²) < 4.78 is 5.35. The van der Waals surface area contributed by atoms with Crippen molar-refractivity contribution in [1.29, 1.82) is 0 Å². The maximum absolute atomic E-state index is 12.2. The summed E-state index contributed by atoms with van der Waals surface area (Å²) in [5.41, 5.74) is -0.0326. The molecule has 1 saturated heterocycles. The molecule has 0 aliphatic carbocycles. The number of ether oxygens (including phenoxy) is 1. The zero-order chi connectivity index (χ0) is 13.8. The molecule has 1 N–H and O–H groups in total. The van der Waals surface area contributed by atoms with Gasteiger partial charge >= 0.3 is 6.09 Å². The van der Waals surface area contributed by atoms with Gasteiger partial charge in [0.05, 0.1) is 6.61 Å². The van der Waals surface area contributed by atoms with E-state index in [1.165, 1.54) is 0 Å². The van der Waals surface area contributed by atoms with E-state index in [2.05, 4.69) is 39.9 Å². The Morgan fingerprint density at radius 2 is 2.17 bits per heavy atom. The molecule has 0 aromatic carbocycles. The van der Waals surface area contributed by atoms with Gasteiger partial charge in [-0.1, -0.05) is 27.2 Å². The third-order valence-electron chi connectivity index (χ3n) is 3.48. The minimum absolute atomic E-state index is 0.0326. The highest BCUT2D eigenvalue weighted by Gasteiger charge is 2.37. The number of unbranched alkanes of at least 4 members (excludes halogenated alkanes) is 1. The molecule has 0 aromatic heterocycles. The topological polar surface area (TPSA) is 41.6 Å². The number of hydrogen-bond acceptors (Lipinski definition) is 3. The first-order valence-corrected chi connectivity index (χ1v) is 7.06. The van der Waals surface area contributed by atoms with Crippen LogP contribution in [0.2, 0.25) is 0 Å². The Balaban J connectivity index is 2.63. The second kappa shape index (κ2) is 6.41. The van der Waals surface area contributed by atoms with Crippen LogP contribution < -0.4 is 5.32 Å². The van der Waals surface area contributed by atoms with E-state index in [4.69, 9.17) is 4.74 Å². The van der Waals surface area contributed by atoms with Crippen molar-refractivity contribution in [1.82, 2.24) is 10.2 Å². The number of nitrogens with one attached hydrogen (secondary N) is 1. The van der Waals surface area contributed by atoms with Gasteiger partial charge in [0.25, 0.3) is 0 Å². The lowest BCUT2D eigenvalue weighted by molar-refractivity contribution is 0.0407. The van der Waals surface area contributed by atoms with E-state index >= 15 is 0 Å². The third-order valence-corrected chi connectivity index (χ3v) is 3.48. The Morgan fingerprint density at radius 3 is 2.72 bits per heavy atom. The van der Waals surface area contributed by atoms with E-state index < -0.39 is 0 Å². The number of nitrogens with zero attached hydrogens (tertiary/aromatic N) is 1. The van der Waals surface area contributed by atoms with E-state index in [1.807, 2.05) is 4.90 Å². The first kappa shape index (κ1) is 15.3. The molecule has 1 unspecified atom stereocenters. The molecule has 4 heteroatoms. The van der Waals surface area contributed by atoms with Gasteiger partial charge in [-0.25, -0.2) is 4.79 Å². The smallest absolute Gasteiger partial charge is 0.410 e. The van der Waals surface area contributed by atoms with E-state index in [9.17, 15) is 4.79 Å². The lowest BCUT2D eigenvalue weighted by atomic mass is 9.93. The molecule has 1 amide bonds. The van der Waals surface area contributed by atoms with Gasteiger partial charge in [0, 0.05) is 24.7 Å². The van der Waals surface area contributed by atoms with Gasteiger partial charge in [0.1, 0.15) is 0 Å². The lowest BCUT2D eigenvalue weighted by Crippen LogP contribution is -2.64. The van der Waals surface area contributed by atoms with Crippen LogP contribution in [-0.4, -0.2) is 42.3 Å². The maximum atomic E-state index is 12.2. The molecule has 4 nitrogen and oxygen atoms in total. The van der Waals surface area contributed by atoms with Crippen molar-refractivity contribution in [3.05, 3.63) is 0 Å². The van der Waals surface area contributed by atoms with Crippen molar-refractivity contribution in [3.63, 3.8) is 0 Å². The molecule has 1 heterocycles. The second-order valence-electron chi connectivity index (χ2n) is 6.17. The fourth-order valence-electron chi connectivity index (χ4n) is 2.27. The number of carbonyl (C=O) groups is 1. The molecule has 1 atom stereocenters. The molecular formula is C14H28N2O2. The SMILES string of the molecule is CCCCOC(=O)N1CC(C)(C)NCC1C(C)C. The summed E-state index contributed by atoms with van der Waals surface area (Å²) in [4.78, 5) is 14.1. The molecule has 106 valence electrons. The van der Waals surface area contributed by atoms with Crippen molar-refractivity contribution >= 4 is 6.09 Å². The first-order chi connectivity index (χ1) is 8.37. The van der Waals surface area contributed by atoms with Gasteiger partial charge in [0.15, 0.2) is 0 Å². The summed E-state index contributed by atoms with van der Waals surface area (Å²) in [6, 6.07) is 0.229. The van der Waals surface area contributed by atoms with Crippen LogP contribution in [0, 0.1) is 5.92 Å². The van der Waals surface area contributed by atoms with Gasteiger partial charge < -0.3 is 15.0 Å². The highest BCUT2D eigenvalue weighted by Crippen LogP contribution is 2.21. The van der Waals surface area contributed by atoms with Crippen molar-refractivity contribution in [2.45, 2.75) is 59.0 Å². The quantitative estimate of drug-likeness (QED) is 0.786. The summed E-state index contributed by atoms with van der Waals surface area (Å²) >= 11 is 0. The fraction of sp³-hybridized carbons (Fsp3) is 0.929. The summed E-state index contributed by atoms with van der Waals surface area (Å²) in [5.74, 6) is 0.437. The second-order valence-corrected chi connectivity index (χ2v) is 6.17. The maximum Gasteiger partial charge on any atom is 0.410 e. The Hall–Kier alpha value is -0.770. The number of carbonyl (C=O) groups excluding carboxylic acids is 1. The Morgan fingerprint density at radius 1 is 1.50 bits per heavy atom. The van der Waals surface area contributed by atoms with Crippen LogP contribution in [0.4, 0.5) is 4.79 Å². The minimum atomic E-state index is -0.156.